The molecule has 2 nitrogen and oxygen atoms in total. The van der Waals surface area contributed by atoms with Crippen molar-refractivity contribution in [1.82, 2.24) is 5.32 Å². The average Bonchev–Trinajstić information content (AvgIpc) is 2.70. The Hall–Kier alpha value is -1.09. The quantitative estimate of drug-likeness (QED) is 0.781. The second-order valence-corrected chi connectivity index (χ2v) is 3.54. The van der Waals surface area contributed by atoms with E-state index in [1.807, 2.05) is 0 Å². The molecule has 0 spiro atoms. The molecule has 1 N–H and O–H groups in total. The van der Waals surface area contributed by atoms with E-state index in [9.17, 15) is 4.39 Å². The zero-order valence-corrected chi connectivity index (χ0v) is 8.22. The molecule has 1 aliphatic rings. The summed E-state index contributed by atoms with van der Waals surface area (Å²) in [6.07, 6.45) is 2.27. The van der Waals surface area contributed by atoms with Gasteiger partial charge in [0.05, 0.1) is 7.11 Å². The zero-order chi connectivity index (χ0) is 9.97. The Bertz CT molecular complexity index is 321. The lowest BCUT2D eigenvalue weighted by molar-refractivity contribution is 0.400. The molecule has 0 aromatic heterocycles. The maximum absolute atomic E-state index is 12.9. The fourth-order valence-corrected chi connectivity index (χ4v) is 1.92. The van der Waals surface area contributed by atoms with E-state index in [0.29, 0.717) is 11.8 Å². The number of nitrogens with one attached hydrogen (secondary N) is 1. The van der Waals surface area contributed by atoms with Gasteiger partial charge in [-0.05, 0) is 25.5 Å². The predicted octanol–water partition coefficient (Wildman–Crippen LogP) is 2.26. The minimum absolute atomic E-state index is 0.247. The smallest absolute Gasteiger partial charge is 0.126 e. The maximum Gasteiger partial charge on any atom is 0.126 e. The van der Waals surface area contributed by atoms with Gasteiger partial charge in [0.2, 0.25) is 0 Å². The van der Waals surface area contributed by atoms with E-state index in [-0.39, 0.29) is 5.82 Å². The summed E-state index contributed by atoms with van der Waals surface area (Å²) < 4.78 is 18.1. The lowest BCUT2D eigenvalue weighted by atomic mass is 10.0. The molecule has 0 amide bonds. The van der Waals surface area contributed by atoms with Crippen LogP contribution in [0.3, 0.4) is 0 Å². The van der Waals surface area contributed by atoms with E-state index in [1.165, 1.54) is 18.6 Å². The highest BCUT2D eigenvalue weighted by Gasteiger charge is 2.19. The fourth-order valence-electron chi connectivity index (χ4n) is 1.92. The topological polar surface area (TPSA) is 21.3 Å². The van der Waals surface area contributed by atoms with Gasteiger partial charge in [0.1, 0.15) is 11.6 Å². The molecule has 0 saturated carbocycles. The molecular weight excluding hydrogens is 181 g/mol. The Morgan fingerprint density at radius 3 is 3.00 bits per heavy atom. The highest BCUT2D eigenvalue weighted by atomic mass is 19.1. The van der Waals surface area contributed by atoms with Crippen LogP contribution in [0, 0.1) is 5.82 Å². The first-order valence-corrected chi connectivity index (χ1v) is 4.88. The standard InChI is InChI=1S/C11H14FNO/c1-14-11-7-8(12)4-5-9(11)10-3-2-6-13-10/h4-5,7,10,13H,2-3,6H2,1H3/t10-/m1/s1. The van der Waals surface area contributed by atoms with E-state index in [0.717, 1.165) is 18.5 Å². The highest BCUT2D eigenvalue weighted by Crippen LogP contribution is 2.31. The first-order valence-electron chi connectivity index (χ1n) is 4.88. The summed E-state index contributed by atoms with van der Waals surface area (Å²) >= 11 is 0. The van der Waals surface area contributed by atoms with E-state index in [1.54, 1.807) is 13.2 Å². The van der Waals surface area contributed by atoms with E-state index >= 15 is 0 Å². The van der Waals surface area contributed by atoms with Crippen LogP contribution in [-0.2, 0) is 0 Å². The first kappa shape index (κ1) is 9.46. The number of hydrogen-bond acceptors (Lipinski definition) is 2. The molecule has 1 aliphatic heterocycles. The molecule has 1 heterocycles. The van der Waals surface area contributed by atoms with Gasteiger partial charge in [0.25, 0.3) is 0 Å². The molecule has 0 radical (unpaired) electrons. The van der Waals surface area contributed by atoms with Gasteiger partial charge >= 0.3 is 0 Å². The van der Waals surface area contributed by atoms with Crippen molar-refractivity contribution in [3.8, 4) is 5.75 Å². The number of rotatable bonds is 2. The van der Waals surface area contributed by atoms with Crippen molar-refractivity contribution >= 4 is 0 Å². The molecule has 0 unspecified atom stereocenters. The van der Waals surface area contributed by atoms with Crippen LogP contribution >= 0.6 is 0 Å². The Morgan fingerprint density at radius 2 is 2.36 bits per heavy atom. The third-order valence-electron chi connectivity index (χ3n) is 2.63. The maximum atomic E-state index is 12.9. The van der Waals surface area contributed by atoms with Crippen LogP contribution in [0.4, 0.5) is 4.39 Å². The average molecular weight is 195 g/mol. The minimum atomic E-state index is -0.247. The van der Waals surface area contributed by atoms with Crippen molar-refractivity contribution in [3.05, 3.63) is 29.6 Å². The molecular formula is C11H14FNO. The molecule has 0 bridgehead atoms. The van der Waals surface area contributed by atoms with Crippen molar-refractivity contribution in [2.45, 2.75) is 18.9 Å². The molecule has 1 saturated heterocycles. The summed E-state index contributed by atoms with van der Waals surface area (Å²) in [4.78, 5) is 0. The number of benzene rings is 1. The van der Waals surface area contributed by atoms with E-state index < -0.39 is 0 Å². The van der Waals surface area contributed by atoms with Gasteiger partial charge in [-0.2, -0.15) is 0 Å². The highest BCUT2D eigenvalue weighted by molar-refractivity contribution is 5.36. The number of methoxy groups -OCH3 is 1. The Labute approximate surface area is 83.1 Å². The van der Waals surface area contributed by atoms with Crippen LogP contribution < -0.4 is 10.1 Å². The lowest BCUT2D eigenvalue weighted by Crippen LogP contribution is -2.13. The summed E-state index contributed by atoms with van der Waals surface area (Å²) in [5, 5.41) is 3.36. The molecule has 76 valence electrons. The van der Waals surface area contributed by atoms with Gasteiger partial charge < -0.3 is 10.1 Å². The van der Waals surface area contributed by atoms with Crippen LogP contribution in [0.1, 0.15) is 24.4 Å². The van der Waals surface area contributed by atoms with Crippen LogP contribution in [0.15, 0.2) is 18.2 Å². The largest absolute Gasteiger partial charge is 0.496 e. The summed E-state index contributed by atoms with van der Waals surface area (Å²) in [6, 6.07) is 5.05. The molecule has 1 atom stereocenters. The SMILES string of the molecule is COc1cc(F)ccc1[C@H]1CCCN1. The number of halogens is 1. The zero-order valence-electron chi connectivity index (χ0n) is 8.22. The van der Waals surface area contributed by atoms with Crippen LogP contribution in [-0.4, -0.2) is 13.7 Å². The Balaban J connectivity index is 2.31. The number of hydrogen-bond donors (Lipinski definition) is 1. The van der Waals surface area contributed by atoms with Crippen molar-refractivity contribution in [3.63, 3.8) is 0 Å². The van der Waals surface area contributed by atoms with Gasteiger partial charge in [0.15, 0.2) is 0 Å². The molecule has 1 aromatic rings. The van der Waals surface area contributed by atoms with Crippen molar-refractivity contribution in [2.24, 2.45) is 0 Å². The van der Waals surface area contributed by atoms with E-state index in [4.69, 9.17) is 4.74 Å². The Morgan fingerprint density at radius 1 is 1.50 bits per heavy atom. The van der Waals surface area contributed by atoms with Crippen molar-refractivity contribution in [1.29, 1.82) is 0 Å². The number of ether oxygens (including phenoxy) is 1. The monoisotopic (exact) mass is 195 g/mol. The van der Waals surface area contributed by atoms with Gasteiger partial charge in [-0.25, -0.2) is 4.39 Å². The minimum Gasteiger partial charge on any atom is -0.496 e. The molecule has 3 heteroatoms. The molecule has 1 aromatic carbocycles. The molecule has 1 fully saturated rings. The summed E-state index contributed by atoms with van der Waals surface area (Å²) in [6.45, 7) is 1.03. The van der Waals surface area contributed by atoms with Crippen LogP contribution in [0.5, 0.6) is 5.75 Å². The summed E-state index contributed by atoms with van der Waals surface area (Å²) in [5.41, 5.74) is 1.06. The van der Waals surface area contributed by atoms with E-state index in [2.05, 4.69) is 5.32 Å². The van der Waals surface area contributed by atoms with Gasteiger partial charge in [-0.1, -0.05) is 6.07 Å². The van der Waals surface area contributed by atoms with Crippen molar-refractivity contribution in [2.75, 3.05) is 13.7 Å². The molecule has 0 aliphatic carbocycles. The van der Waals surface area contributed by atoms with Crippen molar-refractivity contribution < 1.29 is 9.13 Å². The lowest BCUT2D eigenvalue weighted by Gasteiger charge is -2.14. The van der Waals surface area contributed by atoms with Crippen LogP contribution in [0.25, 0.3) is 0 Å². The van der Waals surface area contributed by atoms with Gasteiger partial charge in [0, 0.05) is 17.7 Å². The third kappa shape index (κ3) is 1.73. The molecule has 2 rings (SSSR count). The van der Waals surface area contributed by atoms with Gasteiger partial charge in [-0.15, -0.1) is 0 Å². The van der Waals surface area contributed by atoms with Gasteiger partial charge in [-0.3, -0.25) is 0 Å². The molecule has 14 heavy (non-hydrogen) atoms. The summed E-state index contributed by atoms with van der Waals surface area (Å²) in [5.74, 6) is 0.396. The van der Waals surface area contributed by atoms with Crippen LogP contribution in [0.2, 0.25) is 0 Å². The summed E-state index contributed by atoms with van der Waals surface area (Å²) in [7, 11) is 1.58. The third-order valence-corrected chi connectivity index (χ3v) is 2.63. The normalized spacial score (nSPS) is 21.1. The second-order valence-electron chi connectivity index (χ2n) is 3.54. The second kappa shape index (κ2) is 3.96. The fraction of sp³-hybridized carbons (Fsp3) is 0.455. The first-order chi connectivity index (χ1) is 6.81. The Kier molecular flexibility index (Phi) is 2.68. The predicted molar refractivity (Wildman–Crippen MR) is 52.9 cm³/mol.